The molecule has 2 aromatic rings. The molecule has 0 unspecified atom stereocenters. The highest BCUT2D eigenvalue weighted by Gasteiger charge is 2.46. The average Bonchev–Trinajstić information content (AvgIpc) is 3.01. The molecule has 1 saturated heterocycles. The van der Waals surface area contributed by atoms with Gasteiger partial charge in [0, 0.05) is 18.7 Å². The van der Waals surface area contributed by atoms with Crippen LogP contribution >= 0.6 is 0 Å². The quantitative estimate of drug-likeness (QED) is 0.305. The Kier molecular flexibility index (Phi) is 6.87. The molecule has 1 heterocycles. The Hall–Kier alpha value is -3.45. The van der Waals surface area contributed by atoms with Crippen LogP contribution in [0, 0.1) is 5.82 Å². The molecule has 1 aliphatic rings. The number of Topliss-reactive ketones (excluding diaryl/α,β-unsaturated/α-hetero) is 1. The first-order valence-electron chi connectivity index (χ1n) is 9.86. The van der Waals surface area contributed by atoms with Gasteiger partial charge >= 0.3 is 0 Å². The van der Waals surface area contributed by atoms with Gasteiger partial charge in [-0.05, 0) is 56.1 Å². The van der Waals surface area contributed by atoms with Crippen LogP contribution in [-0.4, -0.2) is 60.4 Å². The molecule has 1 atom stereocenters. The standard InChI is InChI=1S/C24H25FN2O4/c1-4-14-31-19-7-5-6-17(15-19)21-20(22(28)16-8-10-18(25)11-9-16)23(29)24(30)27(21)13-12-26(2)3/h4-11,15,21,28H,1,12-14H2,2-3H3/b22-20+/t21-/m1/s1. The Morgan fingerprint density at radius 2 is 1.94 bits per heavy atom. The highest BCUT2D eigenvalue weighted by molar-refractivity contribution is 6.46. The van der Waals surface area contributed by atoms with E-state index < -0.39 is 23.5 Å². The molecule has 0 radical (unpaired) electrons. The van der Waals surface area contributed by atoms with E-state index in [0.29, 0.717) is 31.0 Å². The molecule has 0 bridgehead atoms. The number of carbonyl (C=O) groups excluding carboxylic acids is 2. The highest BCUT2D eigenvalue weighted by Crippen LogP contribution is 2.40. The molecule has 1 aliphatic heterocycles. The van der Waals surface area contributed by atoms with Gasteiger partial charge in [-0.15, -0.1) is 0 Å². The normalized spacial score (nSPS) is 17.9. The van der Waals surface area contributed by atoms with Crippen molar-refractivity contribution in [1.82, 2.24) is 9.80 Å². The Bertz CT molecular complexity index is 1010. The minimum absolute atomic E-state index is 0.0313. The van der Waals surface area contributed by atoms with Crippen molar-refractivity contribution in [3.8, 4) is 5.75 Å². The van der Waals surface area contributed by atoms with Crippen molar-refractivity contribution in [3.63, 3.8) is 0 Å². The van der Waals surface area contributed by atoms with Gasteiger partial charge in [-0.2, -0.15) is 0 Å². The van der Waals surface area contributed by atoms with Gasteiger partial charge < -0.3 is 19.6 Å². The first-order valence-corrected chi connectivity index (χ1v) is 9.86. The van der Waals surface area contributed by atoms with E-state index in [-0.39, 0.29) is 16.9 Å². The van der Waals surface area contributed by atoms with Crippen LogP contribution in [0.15, 0.2) is 66.8 Å². The van der Waals surface area contributed by atoms with E-state index in [9.17, 15) is 19.1 Å². The van der Waals surface area contributed by atoms with Crippen LogP contribution < -0.4 is 4.74 Å². The molecule has 7 heteroatoms. The van der Waals surface area contributed by atoms with Gasteiger partial charge in [-0.3, -0.25) is 9.59 Å². The van der Waals surface area contributed by atoms with Crippen LogP contribution in [-0.2, 0) is 9.59 Å². The van der Waals surface area contributed by atoms with Gasteiger partial charge in [0.05, 0.1) is 11.6 Å². The molecule has 0 aliphatic carbocycles. The lowest BCUT2D eigenvalue weighted by Crippen LogP contribution is -2.35. The maximum absolute atomic E-state index is 13.3. The van der Waals surface area contributed by atoms with Gasteiger partial charge in [0.2, 0.25) is 0 Å². The predicted molar refractivity (Wildman–Crippen MR) is 116 cm³/mol. The summed E-state index contributed by atoms with van der Waals surface area (Å²) in [5, 5.41) is 10.9. The zero-order valence-electron chi connectivity index (χ0n) is 17.5. The topological polar surface area (TPSA) is 70.1 Å². The molecule has 6 nitrogen and oxygen atoms in total. The van der Waals surface area contributed by atoms with Crippen molar-refractivity contribution in [3.05, 3.63) is 83.7 Å². The fourth-order valence-electron chi connectivity index (χ4n) is 3.46. The number of aliphatic hydroxyl groups is 1. The molecule has 162 valence electrons. The molecule has 1 amide bonds. The number of aliphatic hydroxyl groups excluding tert-OH is 1. The first kappa shape index (κ1) is 22.2. The van der Waals surface area contributed by atoms with Crippen LogP contribution in [0.4, 0.5) is 4.39 Å². The Labute approximate surface area is 180 Å². The third-order valence-corrected chi connectivity index (χ3v) is 4.99. The second-order valence-electron chi connectivity index (χ2n) is 7.47. The smallest absolute Gasteiger partial charge is 0.295 e. The summed E-state index contributed by atoms with van der Waals surface area (Å²) in [7, 11) is 3.74. The van der Waals surface area contributed by atoms with E-state index in [0.717, 1.165) is 0 Å². The molecule has 0 saturated carbocycles. The van der Waals surface area contributed by atoms with Gasteiger partial charge in [0.15, 0.2) is 0 Å². The predicted octanol–water partition coefficient (Wildman–Crippen LogP) is 3.37. The molecular formula is C24H25FN2O4. The number of hydrogen-bond acceptors (Lipinski definition) is 5. The minimum Gasteiger partial charge on any atom is -0.507 e. The zero-order chi connectivity index (χ0) is 22.5. The lowest BCUT2D eigenvalue weighted by Gasteiger charge is -2.26. The lowest BCUT2D eigenvalue weighted by molar-refractivity contribution is -0.140. The van der Waals surface area contributed by atoms with Crippen molar-refractivity contribution >= 4 is 17.4 Å². The van der Waals surface area contributed by atoms with Crippen molar-refractivity contribution in [2.75, 3.05) is 33.8 Å². The van der Waals surface area contributed by atoms with Gasteiger partial charge in [0.25, 0.3) is 11.7 Å². The molecular weight excluding hydrogens is 399 g/mol. The van der Waals surface area contributed by atoms with Crippen LogP contribution in [0.25, 0.3) is 5.76 Å². The number of likely N-dealkylation sites (tertiary alicyclic amines) is 1. The number of hydrogen-bond donors (Lipinski definition) is 1. The summed E-state index contributed by atoms with van der Waals surface area (Å²) in [5.74, 6) is -1.71. The summed E-state index contributed by atoms with van der Waals surface area (Å²) in [4.78, 5) is 29.2. The maximum atomic E-state index is 13.3. The van der Waals surface area contributed by atoms with Gasteiger partial charge in [-0.25, -0.2) is 4.39 Å². The molecule has 1 N–H and O–H groups in total. The largest absolute Gasteiger partial charge is 0.507 e. The van der Waals surface area contributed by atoms with E-state index in [1.54, 1.807) is 30.3 Å². The maximum Gasteiger partial charge on any atom is 0.295 e. The van der Waals surface area contributed by atoms with Crippen molar-refractivity contribution < 1.29 is 23.8 Å². The lowest BCUT2D eigenvalue weighted by atomic mass is 9.95. The van der Waals surface area contributed by atoms with Crippen LogP contribution in [0.2, 0.25) is 0 Å². The fourth-order valence-corrected chi connectivity index (χ4v) is 3.46. The number of nitrogens with zero attached hydrogens (tertiary/aromatic N) is 2. The summed E-state index contributed by atoms with van der Waals surface area (Å²) in [6, 6.07) is 11.4. The summed E-state index contributed by atoms with van der Waals surface area (Å²) in [6.07, 6.45) is 1.62. The summed E-state index contributed by atoms with van der Waals surface area (Å²) in [5.41, 5.74) is 0.857. The molecule has 1 fully saturated rings. The van der Waals surface area contributed by atoms with E-state index in [2.05, 4.69) is 6.58 Å². The molecule has 3 rings (SSSR count). The van der Waals surface area contributed by atoms with Crippen LogP contribution in [0.3, 0.4) is 0 Å². The van der Waals surface area contributed by atoms with Gasteiger partial charge in [-0.1, -0.05) is 24.8 Å². The zero-order valence-corrected chi connectivity index (χ0v) is 17.5. The third-order valence-electron chi connectivity index (χ3n) is 4.99. The summed E-state index contributed by atoms with van der Waals surface area (Å²) < 4.78 is 18.9. The average molecular weight is 424 g/mol. The third kappa shape index (κ3) is 4.83. The highest BCUT2D eigenvalue weighted by atomic mass is 19.1. The molecule has 0 aromatic heterocycles. The SMILES string of the molecule is C=CCOc1cccc([C@@H]2/C(=C(\O)c3ccc(F)cc3)C(=O)C(=O)N2CCN(C)C)c1. The van der Waals surface area contributed by atoms with Gasteiger partial charge in [0.1, 0.15) is 23.9 Å². The summed E-state index contributed by atoms with van der Waals surface area (Å²) >= 11 is 0. The van der Waals surface area contributed by atoms with E-state index in [1.165, 1.54) is 29.2 Å². The molecule has 2 aromatic carbocycles. The van der Waals surface area contributed by atoms with Crippen LogP contribution in [0.1, 0.15) is 17.2 Å². The van der Waals surface area contributed by atoms with E-state index in [4.69, 9.17) is 4.74 Å². The van der Waals surface area contributed by atoms with Crippen molar-refractivity contribution in [1.29, 1.82) is 0 Å². The first-order chi connectivity index (χ1) is 14.8. The second kappa shape index (κ2) is 9.57. The Balaban J connectivity index is 2.12. The number of ketones is 1. The number of rotatable bonds is 8. The summed E-state index contributed by atoms with van der Waals surface area (Å²) in [6.45, 7) is 4.76. The Morgan fingerprint density at radius 1 is 1.23 bits per heavy atom. The van der Waals surface area contributed by atoms with E-state index >= 15 is 0 Å². The molecule has 31 heavy (non-hydrogen) atoms. The molecule has 0 spiro atoms. The van der Waals surface area contributed by atoms with Crippen molar-refractivity contribution in [2.45, 2.75) is 6.04 Å². The second-order valence-corrected chi connectivity index (χ2v) is 7.47. The van der Waals surface area contributed by atoms with Crippen LogP contribution in [0.5, 0.6) is 5.75 Å². The monoisotopic (exact) mass is 424 g/mol. The number of ether oxygens (including phenoxy) is 1. The van der Waals surface area contributed by atoms with Crippen molar-refractivity contribution in [2.24, 2.45) is 0 Å². The minimum atomic E-state index is -0.794. The number of likely N-dealkylation sites (N-methyl/N-ethyl adjacent to an activating group) is 1. The number of carbonyl (C=O) groups is 2. The number of amides is 1. The van der Waals surface area contributed by atoms with E-state index in [1.807, 2.05) is 19.0 Å². The Morgan fingerprint density at radius 3 is 2.58 bits per heavy atom. The number of benzene rings is 2. The number of halogens is 1. The fraction of sp³-hybridized carbons (Fsp3) is 0.250.